The summed E-state index contributed by atoms with van der Waals surface area (Å²) < 4.78 is 21.4. The van der Waals surface area contributed by atoms with E-state index >= 15 is 0 Å². The summed E-state index contributed by atoms with van der Waals surface area (Å²) >= 11 is 0. The lowest BCUT2D eigenvalue weighted by molar-refractivity contribution is 0.242. The first-order chi connectivity index (χ1) is 12.6. The number of fused-ring (bicyclic) bond motifs is 1. The van der Waals surface area contributed by atoms with Crippen LogP contribution in [0, 0.1) is 0 Å². The molecule has 26 heavy (non-hydrogen) atoms. The lowest BCUT2D eigenvalue weighted by atomic mass is 10.2. The molecule has 0 aromatic carbocycles. The Kier molecular flexibility index (Phi) is 4.42. The standard InChI is InChI=1S/C18H21FN6O/c1-11(2)26-12-4-6-25-16(10-22-17(25)7-12)14-3-5-21-18(23-14)24-15-9-20-8-13(15)19/h3-7,10-11,13,15,20H,8-9H2,1-2H3,(H,21,23,24)/t13-,15-/m0/s1. The molecule has 0 amide bonds. The molecule has 2 N–H and O–H groups in total. The van der Waals surface area contributed by atoms with Crippen molar-refractivity contribution in [3.63, 3.8) is 0 Å². The van der Waals surface area contributed by atoms with Crippen molar-refractivity contribution in [1.29, 1.82) is 0 Å². The first-order valence-corrected chi connectivity index (χ1v) is 8.68. The van der Waals surface area contributed by atoms with Crippen LogP contribution in [0.4, 0.5) is 10.3 Å². The first kappa shape index (κ1) is 16.7. The number of hydrogen-bond donors (Lipinski definition) is 2. The third-order valence-corrected chi connectivity index (χ3v) is 4.23. The summed E-state index contributed by atoms with van der Waals surface area (Å²) in [6, 6.07) is 5.29. The van der Waals surface area contributed by atoms with E-state index in [1.165, 1.54) is 0 Å². The number of imidazole rings is 1. The van der Waals surface area contributed by atoms with Crippen molar-refractivity contribution in [1.82, 2.24) is 24.7 Å². The highest BCUT2D eigenvalue weighted by atomic mass is 19.1. The lowest BCUT2D eigenvalue weighted by Crippen LogP contribution is -2.30. The van der Waals surface area contributed by atoms with E-state index in [-0.39, 0.29) is 12.1 Å². The van der Waals surface area contributed by atoms with Crippen molar-refractivity contribution >= 4 is 11.6 Å². The van der Waals surface area contributed by atoms with Crippen LogP contribution in [0.25, 0.3) is 17.0 Å². The van der Waals surface area contributed by atoms with Crippen LogP contribution in [0.2, 0.25) is 0 Å². The fraction of sp³-hybridized carbons (Fsp3) is 0.389. The molecule has 0 spiro atoms. The molecule has 136 valence electrons. The Morgan fingerprint density at radius 1 is 1.31 bits per heavy atom. The number of pyridine rings is 1. The highest BCUT2D eigenvalue weighted by Gasteiger charge is 2.27. The van der Waals surface area contributed by atoms with Gasteiger partial charge in [-0.2, -0.15) is 0 Å². The van der Waals surface area contributed by atoms with Gasteiger partial charge in [0.1, 0.15) is 17.6 Å². The number of halogens is 1. The van der Waals surface area contributed by atoms with E-state index in [0.29, 0.717) is 24.7 Å². The van der Waals surface area contributed by atoms with Crippen molar-refractivity contribution in [2.45, 2.75) is 32.2 Å². The third-order valence-electron chi connectivity index (χ3n) is 4.23. The van der Waals surface area contributed by atoms with Crippen molar-refractivity contribution in [2.24, 2.45) is 0 Å². The zero-order chi connectivity index (χ0) is 18.1. The Morgan fingerprint density at radius 2 is 2.19 bits per heavy atom. The second kappa shape index (κ2) is 6.87. The zero-order valence-electron chi connectivity index (χ0n) is 14.7. The molecule has 1 aliphatic heterocycles. The van der Waals surface area contributed by atoms with E-state index in [2.05, 4.69) is 25.6 Å². The maximum Gasteiger partial charge on any atom is 0.223 e. The number of alkyl halides is 1. The molecule has 7 nitrogen and oxygen atoms in total. The molecule has 0 aliphatic carbocycles. The molecule has 2 atom stereocenters. The quantitative estimate of drug-likeness (QED) is 0.731. The molecule has 1 saturated heterocycles. The van der Waals surface area contributed by atoms with Crippen LogP contribution in [0.5, 0.6) is 5.75 Å². The molecule has 0 saturated carbocycles. The largest absolute Gasteiger partial charge is 0.491 e. The molecule has 1 fully saturated rings. The first-order valence-electron chi connectivity index (χ1n) is 8.68. The molecule has 8 heteroatoms. The number of anilines is 1. The average Bonchev–Trinajstić information content (AvgIpc) is 3.21. The lowest BCUT2D eigenvalue weighted by Gasteiger charge is -2.14. The minimum absolute atomic E-state index is 0.104. The van der Waals surface area contributed by atoms with E-state index < -0.39 is 6.17 Å². The van der Waals surface area contributed by atoms with E-state index in [1.54, 1.807) is 12.4 Å². The van der Waals surface area contributed by atoms with Gasteiger partial charge in [-0.05, 0) is 26.0 Å². The van der Waals surface area contributed by atoms with Crippen molar-refractivity contribution in [2.75, 3.05) is 18.4 Å². The molecule has 4 rings (SSSR count). The van der Waals surface area contributed by atoms with E-state index in [4.69, 9.17) is 4.74 Å². The number of rotatable bonds is 5. The van der Waals surface area contributed by atoms with Crippen LogP contribution < -0.4 is 15.4 Å². The van der Waals surface area contributed by atoms with Crippen molar-refractivity contribution < 1.29 is 9.13 Å². The van der Waals surface area contributed by atoms with Crippen molar-refractivity contribution in [3.8, 4) is 17.1 Å². The summed E-state index contributed by atoms with van der Waals surface area (Å²) in [7, 11) is 0. The third kappa shape index (κ3) is 3.32. The Labute approximate surface area is 150 Å². The van der Waals surface area contributed by atoms with Gasteiger partial charge in [0.15, 0.2) is 0 Å². The van der Waals surface area contributed by atoms with Crippen LogP contribution in [0.15, 0.2) is 36.8 Å². The molecular weight excluding hydrogens is 335 g/mol. The van der Waals surface area contributed by atoms with Gasteiger partial charge in [0.05, 0.1) is 29.7 Å². The van der Waals surface area contributed by atoms with Gasteiger partial charge in [0.2, 0.25) is 5.95 Å². The van der Waals surface area contributed by atoms with Crippen molar-refractivity contribution in [3.05, 3.63) is 36.8 Å². The topological polar surface area (TPSA) is 76.4 Å². The Balaban J connectivity index is 1.62. The Hall–Kier alpha value is -2.74. The van der Waals surface area contributed by atoms with Gasteiger partial charge in [-0.25, -0.2) is 19.3 Å². The number of nitrogens with zero attached hydrogens (tertiary/aromatic N) is 4. The van der Waals surface area contributed by atoms with Gasteiger partial charge in [-0.3, -0.25) is 4.40 Å². The van der Waals surface area contributed by atoms with Gasteiger partial charge in [-0.1, -0.05) is 0 Å². The van der Waals surface area contributed by atoms with E-state index in [1.807, 2.05) is 42.6 Å². The number of ether oxygens (including phenoxy) is 1. The SMILES string of the molecule is CC(C)Oc1ccn2c(-c3ccnc(N[C@H]4CNC[C@@H]4F)n3)cnc2c1. The van der Waals surface area contributed by atoms with Crippen LogP contribution in [0.3, 0.4) is 0 Å². The van der Waals surface area contributed by atoms with Gasteiger partial charge in [0.25, 0.3) is 0 Å². The Morgan fingerprint density at radius 3 is 2.96 bits per heavy atom. The fourth-order valence-electron chi connectivity index (χ4n) is 3.02. The monoisotopic (exact) mass is 356 g/mol. The molecule has 0 unspecified atom stereocenters. The van der Waals surface area contributed by atoms with Gasteiger partial charge < -0.3 is 15.4 Å². The summed E-state index contributed by atoms with van der Waals surface area (Å²) in [4.78, 5) is 13.2. The highest BCUT2D eigenvalue weighted by Crippen LogP contribution is 2.23. The van der Waals surface area contributed by atoms with E-state index in [0.717, 1.165) is 17.1 Å². The smallest absolute Gasteiger partial charge is 0.223 e. The summed E-state index contributed by atoms with van der Waals surface area (Å²) in [6.45, 7) is 4.88. The van der Waals surface area contributed by atoms with Crippen LogP contribution in [0.1, 0.15) is 13.8 Å². The zero-order valence-corrected chi connectivity index (χ0v) is 14.7. The molecule has 1 aliphatic rings. The summed E-state index contributed by atoms with van der Waals surface area (Å²) in [5.74, 6) is 1.19. The van der Waals surface area contributed by atoms with Crippen LogP contribution in [-0.4, -0.2) is 50.8 Å². The van der Waals surface area contributed by atoms with Crippen LogP contribution >= 0.6 is 0 Å². The van der Waals surface area contributed by atoms with Gasteiger partial charge in [0, 0.05) is 31.5 Å². The predicted octanol–water partition coefficient (Wildman–Crippen LogP) is 2.30. The Bertz CT molecular complexity index is 912. The normalized spacial score (nSPS) is 20.0. The molecular formula is C18H21FN6O. The number of aromatic nitrogens is 4. The summed E-state index contributed by atoms with van der Waals surface area (Å²) in [5, 5.41) is 6.07. The molecule has 4 heterocycles. The average molecular weight is 356 g/mol. The second-order valence-electron chi connectivity index (χ2n) is 6.59. The maximum absolute atomic E-state index is 13.8. The van der Waals surface area contributed by atoms with Crippen LogP contribution in [-0.2, 0) is 0 Å². The highest BCUT2D eigenvalue weighted by molar-refractivity contribution is 5.62. The minimum Gasteiger partial charge on any atom is -0.491 e. The fourth-order valence-corrected chi connectivity index (χ4v) is 3.02. The van der Waals surface area contributed by atoms with Gasteiger partial charge >= 0.3 is 0 Å². The molecule has 0 radical (unpaired) electrons. The summed E-state index contributed by atoms with van der Waals surface area (Å²) in [6.07, 6.45) is 4.48. The molecule has 3 aromatic heterocycles. The number of hydrogen-bond acceptors (Lipinski definition) is 6. The molecule has 3 aromatic rings. The number of nitrogens with one attached hydrogen (secondary N) is 2. The minimum atomic E-state index is -0.947. The summed E-state index contributed by atoms with van der Waals surface area (Å²) in [5.41, 5.74) is 2.33. The second-order valence-corrected chi connectivity index (χ2v) is 6.59. The predicted molar refractivity (Wildman–Crippen MR) is 97.2 cm³/mol. The molecule has 0 bridgehead atoms. The maximum atomic E-state index is 13.8. The van der Waals surface area contributed by atoms with E-state index in [9.17, 15) is 4.39 Å². The van der Waals surface area contributed by atoms with Gasteiger partial charge in [-0.15, -0.1) is 0 Å².